The van der Waals surface area contributed by atoms with Crippen molar-refractivity contribution in [2.45, 2.75) is 17.6 Å². The molecule has 0 aliphatic rings. The van der Waals surface area contributed by atoms with E-state index in [1.165, 1.54) is 9.90 Å². The van der Waals surface area contributed by atoms with Gasteiger partial charge in [-0.2, -0.15) is 0 Å². The highest BCUT2D eigenvalue weighted by Gasteiger charge is 2.00. The highest BCUT2D eigenvalue weighted by molar-refractivity contribution is 7.98. The molecule has 0 bridgehead atoms. The van der Waals surface area contributed by atoms with Gasteiger partial charge in [-0.05, 0) is 31.2 Å². The molecule has 0 radical (unpaired) electrons. The second-order valence-electron chi connectivity index (χ2n) is 3.13. The molecule has 0 spiro atoms. The van der Waals surface area contributed by atoms with Gasteiger partial charge in [0.25, 0.3) is 0 Å². The third-order valence-corrected chi connectivity index (χ3v) is 4.27. The first kappa shape index (κ1) is 11.0. The van der Waals surface area contributed by atoms with Crippen molar-refractivity contribution >= 4 is 34.7 Å². The van der Waals surface area contributed by atoms with E-state index in [0.717, 1.165) is 16.5 Å². The molecule has 15 heavy (non-hydrogen) atoms. The van der Waals surface area contributed by atoms with Crippen molar-refractivity contribution in [2.75, 3.05) is 0 Å². The minimum Gasteiger partial charge on any atom is -0.246 e. The van der Waals surface area contributed by atoms with E-state index in [4.69, 9.17) is 11.6 Å². The maximum Gasteiger partial charge on any atom is 0.103 e. The fourth-order valence-corrected chi connectivity index (χ4v) is 2.96. The summed E-state index contributed by atoms with van der Waals surface area (Å²) in [6.45, 7) is 2.02. The summed E-state index contributed by atoms with van der Waals surface area (Å²) in [5.41, 5.74) is 1.10. The number of hydrogen-bond donors (Lipinski definition) is 0. The molecule has 0 fully saturated rings. The first-order valence-corrected chi connectivity index (χ1v) is 6.78. The summed E-state index contributed by atoms with van der Waals surface area (Å²) in [6.07, 6.45) is 0. The van der Waals surface area contributed by atoms with Crippen LogP contribution < -0.4 is 0 Å². The van der Waals surface area contributed by atoms with Crippen LogP contribution >= 0.6 is 34.7 Å². The zero-order valence-corrected chi connectivity index (χ0v) is 10.6. The van der Waals surface area contributed by atoms with Crippen molar-refractivity contribution in [3.8, 4) is 0 Å². The predicted molar refractivity (Wildman–Crippen MR) is 67.9 cm³/mol. The lowest BCUT2D eigenvalue weighted by atomic mass is 10.4. The van der Waals surface area contributed by atoms with Crippen LogP contribution in [0.15, 0.2) is 34.5 Å². The zero-order chi connectivity index (χ0) is 10.7. The Morgan fingerprint density at radius 3 is 2.67 bits per heavy atom. The van der Waals surface area contributed by atoms with Gasteiger partial charge >= 0.3 is 0 Å². The second kappa shape index (κ2) is 5.01. The second-order valence-corrected chi connectivity index (χ2v) is 5.55. The number of benzene rings is 1. The summed E-state index contributed by atoms with van der Waals surface area (Å²) in [4.78, 5) is 5.64. The third kappa shape index (κ3) is 3.23. The molecule has 1 heterocycles. The van der Waals surface area contributed by atoms with E-state index in [-0.39, 0.29) is 0 Å². The van der Waals surface area contributed by atoms with Crippen molar-refractivity contribution in [2.24, 2.45) is 0 Å². The van der Waals surface area contributed by atoms with Gasteiger partial charge in [0.1, 0.15) is 5.01 Å². The average Bonchev–Trinajstić information content (AvgIpc) is 2.64. The van der Waals surface area contributed by atoms with E-state index in [2.05, 4.69) is 10.4 Å². The highest BCUT2D eigenvalue weighted by Crippen LogP contribution is 2.25. The van der Waals surface area contributed by atoms with Crippen LogP contribution in [0.3, 0.4) is 0 Å². The minimum atomic E-state index is 0.782. The number of halogens is 1. The maximum absolute atomic E-state index is 5.81. The molecule has 0 aliphatic carbocycles. The Morgan fingerprint density at radius 1 is 1.33 bits per heavy atom. The van der Waals surface area contributed by atoms with Gasteiger partial charge in [-0.1, -0.05) is 11.6 Å². The smallest absolute Gasteiger partial charge is 0.103 e. The molecule has 1 aromatic carbocycles. The van der Waals surface area contributed by atoms with Crippen LogP contribution in [0.1, 0.15) is 10.7 Å². The Kier molecular flexibility index (Phi) is 3.67. The third-order valence-electron chi connectivity index (χ3n) is 1.84. The number of aromatic nitrogens is 1. The summed E-state index contributed by atoms with van der Waals surface area (Å²) >= 11 is 9.31. The molecular weight excluding hydrogens is 246 g/mol. The molecule has 0 N–H and O–H groups in total. The lowest BCUT2D eigenvalue weighted by Crippen LogP contribution is -1.79. The highest BCUT2D eigenvalue weighted by atomic mass is 35.5. The molecule has 1 nitrogen and oxygen atoms in total. The van der Waals surface area contributed by atoms with E-state index in [9.17, 15) is 0 Å². The average molecular weight is 256 g/mol. The Bertz CT molecular complexity index is 436. The number of hydrogen-bond acceptors (Lipinski definition) is 3. The van der Waals surface area contributed by atoms with E-state index in [0.29, 0.717) is 0 Å². The molecule has 0 aliphatic heterocycles. The normalized spacial score (nSPS) is 10.5. The van der Waals surface area contributed by atoms with Crippen LogP contribution in [0.5, 0.6) is 0 Å². The van der Waals surface area contributed by atoms with Crippen LogP contribution in [0.2, 0.25) is 5.02 Å². The van der Waals surface area contributed by atoms with Crippen LogP contribution in [-0.2, 0) is 5.75 Å². The van der Waals surface area contributed by atoms with Gasteiger partial charge in [0.15, 0.2) is 0 Å². The first-order chi connectivity index (χ1) is 7.24. The van der Waals surface area contributed by atoms with Gasteiger partial charge in [-0.3, -0.25) is 0 Å². The van der Waals surface area contributed by atoms with Gasteiger partial charge < -0.3 is 0 Å². The van der Waals surface area contributed by atoms with Gasteiger partial charge in [-0.15, -0.1) is 23.1 Å². The van der Waals surface area contributed by atoms with Crippen LogP contribution in [0, 0.1) is 6.92 Å². The molecule has 0 saturated carbocycles. The molecule has 0 unspecified atom stereocenters. The monoisotopic (exact) mass is 255 g/mol. The van der Waals surface area contributed by atoms with Crippen molar-refractivity contribution < 1.29 is 0 Å². The lowest BCUT2D eigenvalue weighted by Gasteiger charge is -1.98. The predicted octanol–water partition coefficient (Wildman–Crippen LogP) is 4.40. The molecule has 2 rings (SSSR count). The summed E-state index contributed by atoms with van der Waals surface area (Å²) in [5, 5.41) is 4.04. The van der Waals surface area contributed by atoms with Crippen molar-refractivity contribution in [1.82, 2.24) is 4.98 Å². The van der Waals surface area contributed by atoms with E-state index in [1.54, 1.807) is 23.1 Å². The first-order valence-electron chi connectivity index (χ1n) is 4.53. The summed E-state index contributed by atoms with van der Waals surface area (Å²) in [6, 6.07) is 7.90. The van der Waals surface area contributed by atoms with Crippen molar-refractivity contribution in [3.05, 3.63) is 45.4 Å². The number of nitrogens with zero attached hydrogens (tertiary/aromatic N) is 1. The summed E-state index contributed by atoms with van der Waals surface area (Å²) < 4.78 is 0. The molecule has 1 aromatic heterocycles. The Hall–Kier alpha value is -0.510. The summed E-state index contributed by atoms with van der Waals surface area (Å²) in [7, 11) is 0. The number of thiazole rings is 1. The Labute approximate surface area is 103 Å². The minimum absolute atomic E-state index is 0.782. The topological polar surface area (TPSA) is 12.9 Å². The van der Waals surface area contributed by atoms with E-state index < -0.39 is 0 Å². The fraction of sp³-hybridized carbons (Fsp3) is 0.182. The number of aryl methyl sites for hydroxylation is 1. The molecule has 2 aromatic rings. The Morgan fingerprint density at radius 2 is 2.07 bits per heavy atom. The molecule has 4 heteroatoms. The Balaban J connectivity index is 1.96. The van der Waals surface area contributed by atoms with Gasteiger partial charge in [0.2, 0.25) is 0 Å². The van der Waals surface area contributed by atoms with Crippen molar-refractivity contribution in [1.29, 1.82) is 0 Å². The van der Waals surface area contributed by atoms with E-state index in [1.807, 2.05) is 31.2 Å². The molecule has 78 valence electrons. The fourth-order valence-electron chi connectivity index (χ4n) is 1.14. The van der Waals surface area contributed by atoms with E-state index >= 15 is 0 Å². The van der Waals surface area contributed by atoms with Crippen LogP contribution in [0.25, 0.3) is 0 Å². The lowest BCUT2D eigenvalue weighted by molar-refractivity contribution is 1.18. The maximum atomic E-state index is 5.81. The van der Waals surface area contributed by atoms with Gasteiger partial charge in [-0.25, -0.2) is 4.98 Å². The number of thioether (sulfide) groups is 1. The number of rotatable bonds is 3. The van der Waals surface area contributed by atoms with Gasteiger partial charge in [0.05, 0.1) is 5.75 Å². The molecule has 0 atom stereocenters. The molecular formula is C11H10ClNS2. The van der Waals surface area contributed by atoms with Crippen molar-refractivity contribution in [3.63, 3.8) is 0 Å². The molecule has 0 amide bonds. The molecule has 0 saturated heterocycles. The zero-order valence-electron chi connectivity index (χ0n) is 8.24. The SMILES string of the molecule is Cc1csc(CSc2ccc(Cl)cc2)n1. The van der Waals surface area contributed by atoms with Gasteiger partial charge in [0, 0.05) is 21.0 Å². The largest absolute Gasteiger partial charge is 0.246 e. The van der Waals surface area contributed by atoms with Crippen LogP contribution in [0.4, 0.5) is 0 Å². The standard InChI is InChI=1S/C11H10ClNS2/c1-8-6-15-11(13-8)7-14-10-4-2-9(12)3-5-10/h2-6H,7H2,1H3. The quantitative estimate of drug-likeness (QED) is 0.754. The van der Waals surface area contributed by atoms with Crippen LogP contribution in [-0.4, -0.2) is 4.98 Å². The summed E-state index contributed by atoms with van der Waals surface area (Å²) in [5.74, 6) is 0.931.